The van der Waals surface area contributed by atoms with Crippen LogP contribution in [0.4, 0.5) is 0 Å². The number of hydrogen-bond acceptors (Lipinski definition) is 5. The first kappa shape index (κ1) is 20.9. The zero-order valence-electron chi connectivity index (χ0n) is 14.3. The van der Waals surface area contributed by atoms with E-state index in [9.17, 15) is 14.2 Å². The van der Waals surface area contributed by atoms with E-state index in [1.807, 2.05) is 35.0 Å². The van der Waals surface area contributed by atoms with Crippen LogP contribution in [-0.4, -0.2) is 62.9 Å². The van der Waals surface area contributed by atoms with Gasteiger partial charge in [0.15, 0.2) is 0 Å². The van der Waals surface area contributed by atoms with Crippen molar-refractivity contribution in [3.8, 4) is 0 Å². The van der Waals surface area contributed by atoms with Crippen LogP contribution in [0.25, 0.3) is 0 Å². The molecule has 0 saturated carbocycles. The molecule has 1 unspecified atom stereocenters. The van der Waals surface area contributed by atoms with Gasteiger partial charge in [-0.15, -0.1) is 0 Å². The van der Waals surface area contributed by atoms with E-state index in [1.54, 1.807) is 0 Å². The van der Waals surface area contributed by atoms with Crippen LogP contribution < -0.4 is 0 Å². The van der Waals surface area contributed by atoms with Crippen LogP contribution in [0.3, 0.4) is 0 Å². The number of nitrogens with zero attached hydrogens (tertiary/aromatic N) is 1. The molecule has 128 valence electrons. The highest BCUT2D eigenvalue weighted by Crippen LogP contribution is 2.51. The first-order valence-electron chi connectivity index (χ1n) is 7.58. The summed E-state index contributed by atoms with van der Waals surface area (Å²) in [6, 6.07) is 0. The van der Waals surface area contributed by atoms with Crippen molar-refractivity contribution in [1.29, 1.82) is 0 Å². The van der Waals surface area contributed by atoms with Crippen LogP contribution in [0.5, 0.6) is 0 Å². The van der Waals surface area contributed by atoms with Crippen molar-refractivity contribution >= 4 is 19.2 Å². The Morgan fingerprint density at radius 2 is 1.50 bits per heavy atom. The highest BCUT2D eigenvalue weighted by atomic mass is 31.2. The van der Waals surface area contributed by atoms with E-state index in [1.165, 1.54) is 0 Å². The SMILES string of the molecule is CCCCOC(=O)/C=C/C(=O)OCCP(=O)(CC)[N+](C)(C)C. The first-order valence-corrected chi connectivity index (χ1v) is 9.61. The monoisotopic (exact) mass is 334 g/mol. The minimum Gasteiger partial charge on any atom is -0.463 e. The summed E-state index contributed by atoms with van der Waals surface area (Å²) in [6.07, 6.45) is 4.69. The molecule has 0 aromatic heterocycles. The molecule has 0 bridgehead atoms. The second-order valence-electron chi connectivity index (χ2n) is 5.85. The molecule has 0 aliphatic heterocycles. The molecule has 0 rings (SSSR count). The maximum atomic E-state index is 12.7. The van der Waals surface area contributed by atoms with Crippen molar-refractivity contribution in [2.24, 2.45) is 0 Å². The maximum Gasteiger partial charge on any atom is 0.331 e. The molecule has 1 atom stereocenters. The van der Waals surface area contributed by atoms with Gasteiger partial charge in [-0.2, -0.15) is 0 Å². The fraction of sp³-hybridized carbons (Fsp3) is 0.733. The lowest BCUT2D eigenvalue weighted by atomic mass is 10.4. The van der Waals surface area contributed by atoms with E-state index in [2.05, 4.69) is 0 Å². The molecule has 22 heavy (non-hydrogen) atoms. The molecule has 6 nitrogen and oxygen atoms in total. The van der Waals surface area contributed by atoms with Gasteiger partial charge in [0.05, 0.1) is 33.9 Å². The van der Waals surface area contributed by atoms with Gasteiger partial charge in [-0.25, -0.2) is 9.59 Å². The van der Waals surface area contributed by atoms with Gasteiger partial charge in [-0.05, 0) is 6.42 Å². The minimum atomic E-state index is -2.45. The van der Waals surface area contributed by atoms with Crippen LogP contribution >= 0.6 is 7.29 Å². The molecule has 0 fully saturated rings. The van der Waals surface area contributed by atoms with Crippen LogP contribution in [0.2, 0.25) is 0 Å². The molecule has 0 N–H and O–H groups in total. The van der Waals surface area contributed by atoms with Crippen LogP contribution in [0.1, 0.15) is 26.7 Å². The number of ether oxygens (including phenoxy) is 2. The van der Waals surface area contributed by atoms with Crippen LogP contribution in [0.15, 0.2) is 12.2 Å². The number of carbonyl (C=O) groups is 2. The van der Waals surface area contributed by atoms with Gasteiger partial charge in [0.25, 0.3) is 7.29 Å². The Bertz CT molecular complexity index is 440. The molecule has 0 aromatic rings. The fourth-order valence-electron chi connectivity index (χ4n) is 1.72. The van der Waals surface area contributed by atoms with E-state index >= 15 is 0 Å². The molecule has 0 amide bonds. The quantitative estimate of drug-likeness (QED) is 0.266. The number of rotatable bonds is 10. The smallest absolute Gasteiger partial charge is 0.331 e. The standard InChI is InChI=1S/C15H29NO5P/c1-6-8-11-20-14(17)9-10-15(18)21-12-13-22(19,7-2)16(3,4)5/h9-10H,6-8,11-13H2,1-5H3/q+1/b10-9+. The summed E-state index contributed by atoms with van der Waals surface area (Å²) < 4.78 is 22.9. The molecule has 7 heteroatoms. The van der Waals surface area contributed by atoms with Crippen LogP contribution in [0, 0.1) is 0 Å². The highest BCUT2D eigenvalue weighted by Gasteiger charge is 2.34. The fourth-order valence-corrected chi connectivity index (χ4v) is 3.86. The third-order valence-corrected chi connectivity index (χ3v) is 7.43. The second kappa shape index (κ2) is 9.80. The Balaban J connectivity index is 4.19. The van der Waals surface area contributed by atoms with Gasteiger partial charge < -0.3 is 9.47 Å². The average Bonchev–Trinajstić information content (AvgIpc) is 2.44. The van der Waals surface area contributed by atoms with Crippen molar-refractivity contribution in [2.75, 3.05) is 46.7 Å². The summed E-state index contributed by atoms with van der Waals surface area (Å²) in [5.74, 6) is -1.19. The lowest BCUT2D eigenvalue weighted by Gasteiger charge is -2.33. The topological polar surface area (TPSA) is 69.7 Å². The Kier molecular flexibility index (Phi) is 9.30. The van der Waals surface area contributed by atoms with Gasteiger partial charge in [0, 0.05) is 18.3 Å². The van der Waals surface area contributed by atoms with Crippen molar-refractivity contribution in [3.63, 3.8) is 0 Å². The Labute approximate surface area is 133 Å². The zero-order chi connectivity index (χ0) is 17.2. The van der Waals surface area contributed by atoms with Crippen molar-refractivity contribution < 1.29 is 27.9 Å². The summed E-state index contributed by atoms with van der Waals surface area (Å²) >= 11 is 0. The molecule has 0 aliphatic carbocycles. The van der Waals surface area contributed by atoms with Gasteiger partial charge in [0.2, 0.25) is 0 Å². The van der Waals surface area contributed by atoms with Gasteiger partial charge in [-0.1, -0.05) is 20.3 Å². The molecular formula is C15H29NO5P+. The molecule has 0 spiro atoms. The summed E-state index contributed by atoms with van der Waals surface area (Å²) in [5, 5.41) is 0. The lowest BCUT2D eigenvalue weighted by molar-refractivity contribution is -0.746. The van der Waals surface area contributed by atoms with E-state index in [-0.39, 0.29) is 6.61 Å². The van der Waals surface area contributed by atoms with Gasteiger partial charge >= 0.3 is 11.9 Å². The van der Waals surface area contributed by atoms with E-state index in [0.717, 1.165) is 25.0 Å². The third kappa shape index (κ3) is 7.76. The number of esters is 2. The van der Waals surface area contributed by atoms with Crippen molar-refractivity contribution in [2.45, 2.75) is 26.7 Å². The second-order valence-corrected chi connectivity index (χ2v) is 9.82. The average molecular weight is 334 g/mol. The van der Waals surface area contributed by atoms with E-state index in [0.29, 0.717) is 23.2 Å². The molecule has 0 saturated heterocycles. The maximum absolute atomic E-state index is 12.7. The molecule has 0 radical (unpaired) electrons. The summed E-state index contributed by atoms with van der Waals surface area (Å²) in [7, 11) is 3.17. The number of hydrogen-bond donors (Lipinski definition) is 0. The number of quaternary nitrogens is 1. The largest absolute Gasteiger partial charge is 0.463 e. The highest BCUT2D eigenvalue weighted by molar-refractivity contribution is 7.58. The molecule has 0 heterocycles. The summed E-state index contributed by atoms with van der Waals surface area (Å²) in [5.41, 5.74) is 0. The predicted molar refractivity (Wildman–Crippen MR) is 87.0 cm³/mol. The molecule has 0 aliphatic rings. The van der Waals surface area contributed by atoms with Gasteiger partial charge in [-0.3, -0.25) is 8.82 Å². The first-order chi connectivity index (χ1) is 10.2. The zero-order valence-corrected chi connectivity index (χ0v) is 15.2. The third-order valence-electron chi connectivity index (χ3n) is 3.37. The Morgan fingerprint density at radius 3 is 1.91 bits per heavy atom. The summed E-state index contributed by atoms with van der Waals surface area (Å²) in [6.45, 7) is 4.29. The van der Waals surface area contributed by atoms with Crippen molar-refractivity contribution in [1.82, 2.24) is 0 Å². The predicted octanol–water partition coefficient (Wildman–Crippen LogP) is 2.43. The normalized spacial score (nSPS) is 14.6. The Morgan fingerprint density at radius 1 is 1.00 bits per heavy atom. The van der Waals surface area contributed by atoms with E-state index in [4.69, 9.17) is 9.47 Å². The lowest BCUT2D eigenvalue weighted by Crippen LogP contribution is -2.33. The van der Waals surface area contributed by atoms with Crippen LogP contribution in [-0.2, 0) is 23.6 Å². The Hall–Kier alpha value is -1.13. The van der Waals surface area contributed by atoms with Gasteiger partial charge in [0.1, 0.15) is 6.61 Å². The number of unbranched alkanes of at least 4 members (excludes halogenated alkanes) is 1. The van der Waals surface area contributed by atoms with Crippen molar-refractivity contribution in [3.05, 3.63) is 12.2 Å². The van der Waals surface area contributed by atoms with E-state index < -0.39 is 19.2 Å². The minimum absolute atomic E-state index is 0.0781. The molecule has 0 aromatic carbocycles. The molecular weight excluding hydrogens is 305 g/mol. The number of carbonyl (C=O) groups excluding carboxylic acids is 2. The summed E-state index contributed by atoms with van der Waals surface area (Å²) in [4.78, 5) is 22.8.